The van der Waals surface area contributed by atoms with Crippen LogP contribution >= 0.6 is 11.8 Å². The summed E-state index contributed by atoms with van der Waals surface area (Å²) in [5, 5.41) is 54.4. The number of carbonyl (C=O) groups is 14. The molecule has 93 heavy (non-hydrogen) atoms. The molecular formula is C64H83N11O17S. The third kappa shape index (κ3) is 19.0. The van der Waals surface area contributed by atoms with E-state index in [-0.39, 0.29) is 50.4 Å². The highest BCUT2D eigenvalue weighted by molar-refractivity contribution is 7.99. The predicted molar refractivity (Wildman–Crippen MR) is 336 cm³/mol. The summed E-state index contributed by atoms with van der Waals surface area (Å²) in [7, 11) is 0. The lowest BCUT2D eigenvalue weighted by Gasteiger charge is -2.32. The van der Waals surface area contributed by atoms with Gasteiger partial charge in [-0.3, -0.25) is 72.0 Å². The number of amides is 11. The number of H-pyrrole nitrogens is 1. The monoisotopic (exact) mass is 1310 g/mol. The number of rotatable bonds is 19. The largest absolute Gasteiger partial charge is 0.394 e. The first-order chi connectivity index (χ1) is 44.2. The van der Waals surface area contributed by atoms with Gasteiger partial charge in [0.25, 0.3) is 11.8 Å². The average Bonchev–Trinajstić information content (AvgIpc) is 1.69. The number of imide groups is 1. The van der Waals surface area contributed by atoms with Crippen LogP contribution in [0.4, 0.5) is 5.69 Å². The molecule has 3 unspecified atom stereocenters. The zero-order valence-electron chi connectivity index (χ0n) is 52.7. The number of hydrogen-bond acceptors (Lipinski definition) is 18. The number of nitrogens with zero attached hydrogens (tertiary/aromatic N) is 2. The molecule has 0 saturated carbocycles. The molecule has 12 atom stereocenters. The Morgan fingerprint density at radius 3 is 2.10 bits per heavy atom. The van der Waals surface area contributed by atoms with Gasteiger partial charge in [-0.05, 0) is 47.6 Å². The molecule has 1 saturated heterocycles. The molecule has 2 bridgehead atoms. The van der Waals surface area contributed by atoms with Crippen molar-refractivity contribution in [2.45, 2.75) is 147 Å². The van der Waals surface area contributed by atoms with E-state index >= 15 is 9.59 Å². The van der Waals surface area contributed by atoms with E-state index in [2.05, 4.69) is 47.5 Å². The van der Waals surface area contributed by atoms with Crippen molar-refractivity contribution in [3.8, 4) is 0 Å². The van der Waals surface area contributed by atoms with E-state index in [0.717, 1.165) is 33.7 Å². The number of hydrogen-bond donors (Lipinski definition) is 12. The van der Waals surface area contributed by atoms with Crippen LogP contribution in [0, 0.1) is 35.5 Å². The lowest BCUT2D eigenvalue weighted by Crippen LogP contribution is -2.56. The highest BCUT2D eigenvalue weighted by Crippen LogP contribution is 2.35. The van der Waals surface area contributed by atoms with Crippen LogP contribution in [0.15, 0.2) is 65.7 Å². The number of ketones is 3. The molecule has 11 amide bonds. The number of nitrogens with one attached hydrogen (secondary N) is 9. The highest BCUT2D eigenvalue weighted by atomic mass is 32.2. The maximum atomic E-state index is 15.1. The van der Waals surface area contributed by atoms with Crippen LogP contribution in [0.3, 0.4) is 0 Å². The van der Waals surface area contributed by atoms with Crippen LogP contribution in [0.1, 0.15) is 97.6 Å². The minimum absolute atomic E-state index is 0.143. The van der Waals surface area contributed by atoms with Gasteiger partial charge in [-0.15, -0.1) is 11.8 Å². The van der Waals surface area contributed by atoms with Gasteiger partial charge in [-0.2, -0.15) is 0 Å². The Labute approximate surface area is 541 Å². The molecule has 2 aromatic carbocycles. The molecule has 5 heterocycles. The van der Waals surface area contributed by atoms with Crippen molar-refractivity contribution in [3.05, 3.63) is 71.8 Å². The predicted octanol–water partition coefficient (Wildman–Crippen LogP) is -0.639. The summed E-state index contributed by atoms with van der Waals surface area (Å²) in [5.74, 6) is -16.0. The number of para-hydroxylation sites is 1. The Balaban J connectivity index is 1.14. The highest BCUT2D eigenvalue weighted by Gasteiger charge is 2.45. The standard InChI is InChI=1S/C64H83N11O17S/c1-7-33(4)57-62(91)67-27-52(84)69-44-31-93-63-42(41-10-8-9-11-43(41)70-63)21-37(60(89)66-28-53(85)72-57)22-48(80)58(35(6)49(81)30-76)73-61(90)45-25-40(77)29-75(45)64(92)38(23-46(44)78)24-51(83)65-26-36-12-14-39(15-13-36)68-59(88)34(5)20-47(79)56(32(2)3)71-50(82)18-19-74-54(86)16-17-55(74)87/h8-17,32-35,37-38,40,44-45,49,56-58,70,76-77,81H,7,18-31H2,1-6H3,(H,65,83)(H,66,89)(H,67,91)(H,68,88)(H,69,84)(H,71,82)(H,72,85)(H,73,90)/t33-,34+,35-,37-,38-,40+,44?,45-,49-,56?,57?,58-/m0/s1. The first-order valence-corrected chi connectivity index (χ1v) is 32.2. The van der Waals surface area contributed by atoms with Gasteiger partial charge in [-0.25, -0.2) is 0 Å². The normalized spacial score (nSPS) is 24.0. The molecule has 1 fully saturated rings. The molecule has 502 valence electrons. The molecule has 0 radical (unpaired) electrons. The van der Waals surface area contributed by atoms with Gasteiger partial charge in [0.05, 0.1) is 61.0 Å². The van der Waals surface area contributed by atoms with Crippen LogP contribution in [0.25, 0.3) is 10.9 Å². The molecule has 29 heteroatoms. The molecule has 7 rings (SSSR count). The van der Waals surface area contributed by atoms with Crippen molar-refractivity contribution < 1.29 is 82.4 Å². The summed E-state index contributed by atoms with van der Waals surface area (Å²) < 4.78 is 0. The van der Waals surface area contributed by atoms with E-state index in [1.165, 1.54) is 13.8 Å². The minimum atomic E-state index is -1.63. The van der Waals surface area contributed by atoms with E-state index in [1.54, 1.807) is 76.2 Å². The third-order valence-corrected chi connectivity index (χ3v) is 18.5. The first-order valence-electron chi connectivity index (χ1n) is 31.2. The fraction of sp³-hybridized carbons (Fsp3) is 0.531. The number of aliphatic hydroxyl groups is 3. The summed E-state index contributed by atoms with van der Waals surface area (Å²) in [5.41, 5.74) is 1.91. The Morgan fingerprint density at radius 1 is 0.763 bits per heavy atom. The molecule has 1 aromatic heterocycles. The van der Waals surface area contributed by atoms with E-state index < -0.39 is 200 Å². The lowest BCUT2D eigenvalue weighted by molar-refractivity contribution is -0.145. The number of thioether (sulfide) groups is 1. The molecule has 12 N–H and O–H groups in total. The summed E-state index contributed by atoms with van der Waals surface area (Å²) in [6, 6.07) is 6.49. The Morgan fingerprint density at radius 2 is 1.43 bits per heavy atom. The number of aromatic amines is 1. The Bertz CT molecular complexity index is 3370. The Hall–Kier alpha value is -8.67. The van der Waals surface area contributed by atoms with Gasteiger partial charge >= 0.3 is 0 Å². The van der Waals surface area contributed by atoms with E-state index in [9.17, 15) is 72.9 Å². The van der Waals surface area contributed by atoms with Crippen LogP contribution in [0.5, 0.6) is 0 Å². The van der Waals surface area contributed by atoms with Crippen LogP contribution in [-0.4, -0.2) is 193 Å². The van der Waals surface area contributed by atoms with Crippen molar-refractivity contribution in [2.75, 3.05) is 43.9 Å². The SMILES string of the molecule is CC[C@H](C)C1NC(=O)CNC(=O)[C@@H]2CC(=O)[C@H]([C@@H](C)[C@@H](O)CO)NC(=O)[C@@H]3C[C@@H](O)CN3C(=O)[C@H](CC(=O)NCc3ccc(NC(=O)[C@H](C)CC(=O)C(NC(=O)CCN4C(=O)C=CC4=O)C(C)C)cc3)CC(=O)C(CSc3[nH]c4ccccc4c3C2)NC(=O)CNC1=O. The van der Waals surface area contributed by atoms with Crippen molar-refractivity contribution in [1.82, 2.24) is 52.0 Å². The second-order valence-corrected chi connectivity index (χ2v) is 25.7. The van der Waals surface area contributed by atoms with Crippen molar-refractivity contribution in [3.63, 3.8) is 0 Å². The molecule has 28 nitrogen and oxygen atoms in total. The summed E-state index contributed by atoms with van der Waals surface area (Å²) in [6.07, 6.45) is -3.42. The smallest absolute Gasteiger partial charge is 0.253 e. The zero-order chi connectivity index (χ0) is 68.0. The second-order valence-electron chi connectivity index (χ2n) is 24.6. The van der Waals surface area contributed by atoms with E-state index in [1.807, 2.05) is 0 Å². The number of Topliss-reactive ketones (excluding diaryl/α,β-unsaturated/α-hetero) is 3. The Kier molecular flexibility index (Phi) is 25.3. The fourth-order valence-corrected chi connectivity index (χ4v) is 12.7. The van der Waals surface area contributed by atoms with Crippen LogP contribution in [-0.2, 0) is 80.1 Å². The van der Waals surface area contributed by atoms with Gasteiger partial charge < -0.3 is 67.7 Å². The maximum Gasteiger partial charge on any atom is 0.253 e. The molecule has 4 aliphatic rings. The van der Waals surface area contributed by atoms with E-state index in [4.69, 9.17) is 0 Å². The third-order valence-electron chi connectivity index (χ3n) is 17.3. The fourth-order valence-electron chi connectivity index (χ4n) is 11.6. The molecule has 3 aromatic rings. The second kappa shape index (κ2) is 32.7. The van der Waals surface area contributed by atoms with Gasteiger partial charge in [0, 0.05) is 110 Å². The molecular weight excluding hydrogens is 1230 g/mol. The number of benzene rings is 2. The van der Waals surface area contributed by atoms with Crippen LogP contribution < -0.4 is 42.5 Å². The topological polar surface area (TPSA) is 418 Å². The molecule has 0 spiro atoms. The van der Waals surface area contributed by atoms with Gasteiger partial charge in [0.2, 0.25) is 53.2 Å². The van der Waals surface area contributed by atoms with Crippen molar-refractivity contribution in [2.24, 2.45) is 35.5 Å². The van der Waals surface area contributed by atoms with Gasteiger partial charge in [0.1, 0.15) is 12.1 Å². The van der Waals surface area contributed by atoms with Crippen molar-refractivity contribution in [1.29, 1.82) is 0 Å². The van der Waals surface area contributed by atoms with Crippen LogP contribution in [0.2, 0.25) is 0 Å². The number of aliphatic hydroxyl groups excluding tert-OH is 3. The summed E-state index contributed by atoms with van der Waals surface area (Å²) in [6.45, 7) is 6.87. The number of carbonyl (C=O) groups excluding carboxylic acids is 14. The van der Waals surface area contributed by atoms with Gasteiger partial charge in [-0.1, -0.05) is 78.3 Å². The number of fused-ring (bicyclic) bond motifs is 5. The first kappa shape index (κ1) is 71.8. The van der Waals surface area contributed by atoms with Gasteiger partial charge in [0.15, 0.2) is 17.3 Å². The summed E-state index contributed by atoms with van der Waals surface area (Å²) in [4.78, 5) is 198. The average molecular weight is 1310 g/mol. The quantitative estimate of drug-likeness (QED) is 0.0664. The van der Waals surface area contributed by atoms with Crippen molar-refractivity contribution >= 4 is 111 Å². The number of aromatic nitrogens is 1. The van der Waals surface area contributed by atoms with E-state index in [0.29, 0.717) is 39.2 Å². The number of anilines is 1. The zero-order valence-corrected chi connectivity index (χ0v) is 53.6. The minimum Gasteiger partial charge on any atom is -0.394 e. The maximum absolute atomic E-state index is 15.1. The summed E-state index contributed by atoms with van der Waals surface area (Å²) >= 11 is 1.06. The lowest BCUT2D eigenvalue weighted by atomic mass is 9.85. The molecule has 4 aliphatic heterocycles. The molecule has 0 aliphatic carbocycles.